The Morgan fingerprint density at radius 2 is 1.90 bits per heavy atom. The molecular formula is C16H16FN3O. The Morgan fingerprint density at radius 1 is 1.14 bits per heavy atom. The maximum Gasteiger partial charge on any atom is 0.243 e. The minimum atomic E-state index is -0.288. The molecule has 1 aliphatic heterocycles. The zero-order valence-electron chi connectivity index (χ0n) is 11.5. The molecule has 0 spiro atoms. The zero-order chi connectivity index (χ0) is 14.8. The number of benzene rings is 2. The molecule has 0 saturated carbocycles. The first-order valence-electron chi connectivity index (χ1n) is 6.79. The summed E-state index contributed by atoms with van der Waals surface area (Å²) >= 11 is 0. The molecule has 2 aromatic rings. The molecule has 0 aliphatic carbocycles. The van der Waals surface area contributed by atoms with Crippen LogP contribution in [0.3, 0.4) is 0 Å². The number of carbonyl (C=O) groups excluding carboxylic acids is 1. The number of nitrogens with zero attached hydrogens (tertiary/aromatic N) is 1. The molecule has 0 unspecified atom stereocenters. The van der Waals surface area contributed by atoms with Crippen molar-refractivity contribution in [2.24, 2.45) is 5.73 Å². The first-order valence-corrected chi connectivity index (χ1v) is 6.79. The number of fused-ring (bicyclic) bond motifs is 1. The lowest BCUT2D eigenvalue weighted by Crippen LogP contribution is -2.37. The van der Waals surface area contributed by atoms with Crippen LogP contribution in [0, 0.1) is 5.82 Å². The predicted octanol–water partition coefficient (Wildman–Crippen LogP) is 2.24. The lowest BCUT2D eigenvalue weighted by atomic mass is 10.1. The summed E-state index contributed by atoms with van der Waals surface area (Å²) in [7, 11) is 0. The van der Waals surface area contributed by atoms with Gasteiger partial charge in [-0.15, -0.1) is 0 Å². The maximum absolute atomic E-state index is 14.3. The van der Waals surface area contributed by atoms with Crippen molar-refractivity contribution >= 4 is 17.3 Å². The van der Waals surface area contributed by atoms with E-state index in [1.165, 1.54) is 0 Å². The van der Waals surface area contributed by atoms with Crippen LogP contribution >= 0.6 is 0 Å². The minimum Gasteiger partial charge on any atom is -0.356 e. The molecule has 0 bridgehead atoms. The highest BCUT2D eigenvalue weighted by Gasteiger charge is 2.22. The summed E-state index contributed by atoms with van der Waals surface area (Å²) in [5.74, 6) is -0.382. The van der Waals surface area contributed by atoms with Crippen molar-refractivity contribution in [1.82, 2.24) is 0 Å². The summed E-state index contributed by atoms with van der Waals surface area (Å²) in [6.07, 6.45) is 0. The van der Waals surface area contributed by atoms with E-state index in [-0.39, 0.29) is 24.8 Å². The molecule has 2 aromatic carbocycles. The van der Waals surface area contributed by atoms with E-state index in [0.717, 1.165) is 11.4 Å². The summed E-state index contributed by atoms with van der Waals surface area (Å²) in [5.41, 5.74) is 8.22. The minimum absolute atomic E-state index is 0.0934. The van der Waals surface area contributed by atoms with E-state index in [9.17, 15) is 9.18 Å². The number of amides is 1. The van der Waals surface area contributed by atoms with Crippen LogP contribution in [0.2, 0.25) is 0 Å². The molecule has 0 aromatic heterocycles. The fourth-order valence-electron chi connectivity index (χ4n) is 2.56. The van der Waals surface area contributed by atoms with Crippen LogP contribution in [0.15, 0.2) is 42.5 Å². The van der Waals surface area contributed by atoms with Crippen LogP contribution in [-0.4, -0.2) is 12.5 Å². The molecule has 21 heavy (non-hydrogen) atoms. The zero-order valence-corrected chi connectivity index (χ0v) is 11.5. The van der Waals surface area contributed by atoms with Crippen molar-refractivity contribution in [1.29, 1.82) is 0 Å². The third-order valence-corrected chi connectivity index (χ3v) is 3.59. The molecular weight excluding hydrogens is 269 g/mol. The summed E-state index contributed by atoms with van der Waals surface area (Å²) in [6, 6.07) is 12.7. The van der Waals surface area contributed by atoms with E-state index < -0.39 is 0 Å². The van der Waals surface area contributed by atoms with Crippen molar-refractivity contribution in [3.05, 3.63) is 59.4 Å². The standard InChI is InChI=1S/C16H16FN3O/c17-16-11(8-18)4-3-5-12(16)9-20-10-15(21)19-13-6-1-2-7-14(13)20/h1-7H,8-10,18H2,(H,19,21). The molecule has 1 heterocycles. The number of nitrogens with one attached hydrogen (secondary N) is 1. The number of carbonyl (C=O) groups is 1. The van der Waals surface area contributed by atoms with Crippen molar-refractivity contribution in [2.45, 2.75) is 13.1 Å². The van der Waals surface area contributed by atoms with E-state index in [1.54, 1.807) is 18.2 Å². The number of rotatable bonds is 3. The van der Waals surface area contributed by atoms with Crippen LogP contribution < -0.4 is 16.0 Å². The predicted molar refractivity (Wildman–Crippen MR) is 80.4 cm³/mol. The van der Waals surface area contributed by atoms with Gasteiger partial charge in [0, 0.05) is 24.2 Å². The molecule has 1 amide bonds. The van der Waals surface area contributed by atoms with Crippen LogP contribution in [0.4, 0.5) is 15.8 Å². The Kier molecular flexibility index (Phi) is 3.58. The lowest BCUT2D eigenvalue weighted by molar-refractivity contribution is -0.115. The average Bonchev–Trinajstić information content (AvgIpc) is 2.49. The van der Waals surface area contributed by atoms with Crippen LogP contribution in [0.5, 0.6) is 0 Å². The Morgan fingerprint density at radius 3 is 2.71 bits per heavy atom. The highest BCUT2D eigenvalue weighted by Crippen LogP contribution is 2.30. The van der Waals surface area contributed by atoms with E-state index in [1.807, 2.05) is 29.2 Å². The third kappa shape index (κ3) is 2.60. The topological polar surface area (TPSA) is 58.4 Å². The van der Waals surface area contributed by atoms with Gasteiger partial charge in [-0.3, -0.25) is 4.79 Å². The fraction of sp³-hybridized carbons (Fsp3) is 0.188. The molecule has 1 aliphatic rings. The second kappa shape index (κ2) is 5.54. The van der Waals surface area contributed by atoms with Gasteiger partial charge < -0.3 is 16.0 Å². The van der Waals surface area contributed by atoms with Gasteiger partial charge in [-0.05, 0) is 12.1 Å². The molecule has 4 nitrogen and oxygen atoms in total. The highest BCUT2D eigenvalue weighted by atomic mass is 19.1. The molecule has 3 rings (SSSR count). The molecule has 0 radical (unpaired) electrons. The molecule has 0 saturated heterocycles. The Hall–Kier alpha value is -2.40. The Bertz CT molecular complexity index is 687. The summed E-state index contributed by atoms with van der Waals surface area (Å²) in [6.45, 7) is 0.712. The number of halogens is 1. The molecule has 0 atom stereocenters. The van der Waals surface area contributed by atoms with Gasteiger partial charge in [-0.1, -0.05) is 30.3 Å². The molecule has 0 fully saturated rings. The van der Waals surface area contributed by atoms with Crippen molar-refractivity contribution in [2.75, 3.05) is 16.8 Å². The van der Waals surface area contributed by atoms with Gasteiger partial charge in [0.15, 0.2) is 0 Å². The van der Waals surface area contributed by atoms with E-state index in [4.69, 9.17) is 5.73 Å². The maximum atomic E-state index is 14.3. The summed E-state index contributed by atoms with van der Waals surface area (Å²) < 4.78 is 14.3. The van der Waals surface area contributed by atoms with Gasteiger partial charge in [0.2, 0.25) is 5.91 Å². The first-order chi connectivity index (χ1) is 10.2. The van der Waals surface area contributed by atoms with Crippen molar-refractivity contribution < 1.29 is 9.18 Å². The number of hydrogen-bond acceptors (Lipinski definition) is 3. The van der Waals surface area contributed by atoms with E-state index in [0.29, 0.717) is 17.7 Å². The van der Waals surface area contributed by atoms with Crippen LogP contribution in [0.25, 0.3) is 0 Å². The number of hydrogen-bond donors (Lipinski definition) is 2. The van der Waals surface area contributed by atoms with Gasteiger partial charge in [-0.2, -0.15) is 0 Å². The van der Waals surface area contributed by atoms with Gasteiger partial charge in [0.05, 0.1) is 17.9 Å². The Balaban J connectivity index is 1.94. The summed E-state index contributed by atoms with van der Waals surface area (Å²) in [4.78, 5) is 13.6. The second-order valence-electron chi connectivity index (χ2n) is 5.02. The number of para-hydroxylation sites is 2. The molecule has 5 heteroatoms. The first kappa shape index (κ1) is 13.6. The van der Waals surface area contributed by atoms with Crippen LogP contribution in [-0.2, 0) is 17.9 Å². The fourth-order valence-corrected chi connectivity index (χ4v) is 2.56. The SMILES string of the molecule is NCc1cccc(CN2CC(=O)Nc3ccccc32)c1F. The van der Waals surface area contributed by atoms with Gasteiger partial charge in [0.1, 0.15) is 5.82 Å². The van der Waals surface area contributed by atoms with E-state index in [2.05, 4.69) is 5.32 Å². The quantitative estimate of drug-likeness (QED) is 0.909. The smallest absolute Gasteiger partial charge is 0.243 e. The monoisotopic (exact) mass is 285 g/mol. The van der Waals surface area contributed by atoms with Crippen LogP contribution in [0.1, 0.15) is 11.1 Å². The normalized spacial score (nSPS) is 13.8. The second-order valence-corrected chi connectivity index (χ2v) is 5.02. The molecule has 3 N–H and O–H groups in total. The van der Waals surface area contributed by atoms with Gasteiger partial charge >= 0.3 is 0 Å². The Labute approximate surface area is 122 Å². The van der Waals surface area contributed by atoms with E-state index >= 15 is 0 Å². The largest absolute Gasteiger partial charge is 0.356 e. The van der Waals surface area contributed by atoms with Gasteiger partial charge in [-0.25, -0.2) is 4.39 Å². The molecule has 108 valence electrons. The highest BCUT2D eigenvalue weighted by molar-refractivity contribution is 6.01. The van der Waals surface area contributed by atoms with Gasteiger partial charge in [0.25, 0.3) is 0 Å². The average molecular weight is 285 g/mol. The number of nitrogens with two attached hydrogens (primary N) is 1. The third-order valence-electron chi connectivity index (χ3n) is 3.59. The summed E-state index contributed by atoms with van der Waals surface area (Å²) in [5, 5.41) is 2.82. The van der Waals surface area contributed by atoms with Crippen molar-refractivity contribution in [3.63, 3.8) is 0 Å². The van der Waals surface area contributed by atoms with Crippen molar-refractivity contribution in [3.8, 4) is 0 Å². The lowest BCUT2D eigenvalue weighted by Gasteiger charge is -2.31. The number of anilines is 2.